The fourth-order valence-corrected chi connectivity index (χ4v) is 3.85. The van der Waals surface area contributed by atoms with Gasteiger partial charge in [0.2, 0.25) is 0 Å². The van der Waals surface area contributed by atoms with Gasteiger partial charge >= 0.3 is 6.03 Å². The van der Waals surface area contributed by atoms with Gasteiger partial charge in [-0.1, -0.05) is 29.8 Å². The molecule has 0 saturated carbocycles. The van der Waals surface area contributed by atoms with Crippen LogP contribution in [0.15, 0.2) is 42.5 Å². The second kappa shape index (κ2) is 9.74. The Labute approximate surface area is 172 Å². The predicted molar refractivity (Wildman–Crippen MR) is 113 cm³/mol. The summed E-state index contributed by atoms with van der Waals surface area (Å²) in [5.74, 6) is 0.208. The SMILES string of the molecule is COc1ccc(F)cc1C(C)NC(=O)NC1CCN(Cc2cccc(C)c2)CC1. The number of methoxy groups -OCH3 is 1. The van der Waals surface area contributed by atoms with Gasteiger partial charge in [-0.2, -0.15) is 0 Å². The fraction of sp³-hybridized carbons (Fsp3) is 0.435. The first-order valence-corrected chi connectivity index (χ1v) is 10.1. The zero-order valence-electron chi connectivity index (χ0n) is 17.4. The second-order valence-electron chi connectivity index (χ2n) is 7.77. The Kier molecular flexibility index (Phi) is 7.09. The van der Waals surface area contributed by atoms with Gasteiger partial charge in [0, 0.05) is 31.2 Å². The van der Waals surface area contributed by atoms with E-state index in [-0.39, 0.29) is 23.9 Å². The van der Waals surface area contributed by atoms with E-state index in [1.54, 1.807) is 6.07 Å². The van der Waals surface area contributed by atoms with Crippen LogP contribution < -0.4 is 15.4 Å². The highest BCUT2D eigenvalue weighted by molar-refractivity contribution is 5.74. The van der Waals surface area contributed by atoms with E-state index in [9.17, 15) is 9.18 Å². The smallest absolute Gasteiger partial charge is 0.315 e. The molecule has 2 aromatic carbocycles. The average Bonchev–Trinajstić information content (AvgIpc) is 2.69. The van der Waals surface area contributed by atoms with Gasteiger partial charge in [-0.15, -0.1) is 0 Å². The van der Waals surface area contributed by atoms with E-state index in [0.29, 0.717) is 11.3 Å². The normalized spacial score (nSPS) is 16.3. The van der Waals surface area contributed by atoms with Crippen molar-refractivity contribution in [2.45, 2.75) is 45.3 Å². The molecule has 5 nitrogen and oxygen atoms in total. The number of hydrogen-bond donors (Lipinski definition) is 2. The summed E-state index contributed by atoms with van der Waals surface area (Å²) in [6.07, 6.45) is 1.83. The van der Waals surface area contributed by atoms with Crippen LogP contribution in [0.2, 0.25) is 0 Å². The lowest BCUT2D eigenvalue weighted by molar-refractivity contribution is 0.186. The number of urea groups is 1. The first kappa shape index (κ1) is 21.1. The monoisotopic (exact) mass is 399 g/mol. The van der Waals surface area contributed by atoms with Crippen molar-refractivity contribution in [1.29, 1.82) is 0 Å². The third-order valence-electron chi connectivity index (χ3n) is 5.42. The summed E-state index contributed by atoms with van der Waals surface area (Å²) in [6, 6.07) is 12.5. The highest BCUT2D eigenvalue weighted by Gasteiger charge is 2.22. The van der Waals surface area contributed by atoms with Gasteiger partial charge in [0.15, 0.2) is 0 Å². The van der Waals surface area contributed by atoms with Crippen LogP contribution in [0.4, 0.5) is 9.18 Å². The molecule has 0 radical (unpaired) electrons. The molecule has 0 aliphatic carbocycles. The number of carbonyl (C=O) groups is 1. The van der Waals surface area contributed by atoms with Crippen LogP contribution in [0.1, 0.15) is 42.5 Å². The largest absolute Gasteiger partial charge is 0.496 e. The van der Waals surface area contributed by atoms with Gasteiger partial charge in [-0.05, 0) is 50.5 Å². The van der Waals surface area contributed by atoms with Gasteiger partial charge in [-0.3, -0.25) is 4.90 Å². The van der Waals surface area contributed by atoms with Crippen molar-refractivity contribution in [3.05, 3.63) is 65.0 Å². The quantitative estimate of drug-likeness (QED) is 0.767. The number of carbonyl (C=O) groups excluding carboxylic acids is 1. The molecular formula is C23H30FN3O2. The van der Waals surface area contributed by atoms with Crippen LogP contribution >= 0.6 is 0 Å². The summed E-state index contributed by atoms with van der Waals surface area (Å²) in [5.41, 5.74) is 3.22. The molecule has 156 valence electrons. The molecule has 1 saturated heterocycles. The number of nitrogens with one attached hydrogen (secondary N) is 2. The maximum absolute atomic E-state index is 13.6. The zero-order valence-corrected chi connectivity index (χ0v) is 17.4. The van der Waals surface area contributed by atoms with Gasteiger partial charge in [-0.25, -0.2) is 9.18 Å². The molecule has 0 aromatic heterocycles. The van der Waals surface area contributed by atoms with Crippen molar-refractivity contribution in [1.82, 2.24) is 15.5 Å². The van der Waals surface area contributed by atoms with Crippen LogP contribution in [-0.4, -0.2) is 37.2 Å². The molecule has 1 aliphatic rings. The molecule has 6 heteroatoms. The minimum Gasteiger partial charge on any atom is -0.496 e. The standard InChI is InChI=1S/C23H30FN3O2/c1-16-5-4-6-18(13-16)15-27-11-9-20(10-12-27)26-23(28)25-17(2)21-14-19(24)7-8-22(21)29-3/h4-8,13-14,17,20H,9-12,15H2,1-3H3,(H2,25,26,28). The summed E-state index contributed by atoms with van der Waals surface area (Å²) in [5, 5.41) is 5.95. The Morgan fingerprint density at radius 3 is 2.69 bits per heavy atom. The lowest BCUT2D eigenvalue weighted by Gasteiger charge is -2.32. The zero-order chi connectivity index (χ0) is 20.8. The Balaban J connectivity index is 1.46. The van der Waals surface area contributed by atoms with Gasteiger partial charge in [0.25, 0.3) is 0 Å². The Bertz CT molecular complexity index is 835. The number of ether oxygens (including phenoxy) is 1. The Morgan fingerprint density at radius 2 is 2.00 bits per heavy atom. The van der Waals surface area contributed by atoms with Gasteiger partial charge in [0.05, 0.1) is 13.2 Å². The minimum absolute atomic E-state index is 0.144. The maximum Gasteiger partial charge on any atom is 0.315 e. The Hall–Kier alpha value is -2.60. The molecule has 2 amide bonds. The topological polar surface area (TPSA) is 53.6 Å². The lowest BCUT2D eigenvalue weighted by Crippen LogP contribution is -2.48. The van der Waals surface area contributed by atoms with Gasteiger partial charge in [0.1, 0.15) is 11.6 Å². The van der Waals surface area contributed by atoms with Crippen molar-refractivity contribution < 1.29 is 13.9 Å². The maximum atomic E-state index is 13.6. The number of nitrogens with zero attached hydrogens (tertiary/aromatic N) is 1. The van der Waals surface area contributed by atoms with Crippen LogP contribution in [-0.2, 0) is 6.54 Å². The lowest BCUT2D eigenvalue weighted by atomic mass is 10.0. The minimum atomic E-state index is -0.359. The van der Waals surface area contributed by atoms with E-state index < -0.39 is 0 Å². The molecule has 1 heterocycles. The summed E-state index contributed by atoms with van der Waals surface area (Å²) >= 11 is 0. The predicted octanol–water partition coefficient (Wildman–Crippen LogP) is 4.17. The first-order valence-electron chi connectivity index (χ1n) is 10.1. The van der Waals surface area contributed by atoms with Crippen LogP contribution in [0.25, 0.3) is 0 Å². The average molecular weight is 400 g/mol. The second-order valence-corrected chi connectivity index (χ2v) is 7.77. The van der Waals surface area contributed by atoms with Crippen LogP contribution in [0.3, 0.4) is 0 Å². The molecule has 0 bridgehead atoms. The highest BCUT2D eigenvalue weighted by atomic mass is 19.1. The van der Waals surface area contributed by atoms with Crippen molar-refractivity contribution in [2.24, 2.45) is 0 Å². The number of benzene rings is 2. The van der Waals surface area contributed by atoms with E-state index in [1.165, 1.54) is 30.4 Å². The van der Waals surface area contributed by atoms with E-state index in [4.69, 9.17) is 4.74 Å². The van der Waals surface area contributed by atoms with Crippen molar-refractivity contribution in [3.8, 4) is 5.75 Å². The molecule has 1 unspecified atom stereocenters. The highest BCUT2D eigenvalue weighted by Crippen LogP contribution is 2.25. The number of piperidine rings is 1. The number of aryl methyl sites for hydroxylation is 1. The van der Waals surface area contributed by atoms with Crippen LogP contribution in [0.5, 0.6) is 5.75 Å². The molecule has 0 spiro atoms. The summed E-state index contributed by atoms with van der Waals surface area (Å²) in [6.45, 7) is 6.77. The first-order chi connectivity index (χ1) is 13.9. The van der Waals surface area contributed by atoms with E-state index in [0.717, 1.165) is 32.5 Å². The molecule has 2 N–H and O–H groups in total. The van der Waals surface area contributed by atoms with Crippen molar-refractivity contribution in [2.75, 3.05) is 20.2 Å². The van der Waals surface area contributed by atoms with Gasteiger partial charge < -0.3 is 15.4 Å². The van der Waals surface area contributed by atoms with Crippen molar-refractivity contribution >= 4 is 6.03 Å². The Morgan fingerprint density at radius 1 is 1.24 bits per heavy atom. The molecule has 1 aliphatic heterocycles. The van der Waals surface area contributed by atoms with E-state index in [1.807, 2.05) is 6.92 Å². The summed E-state index contributed by atoms with van der Waals surface area (Å²) < 4.78 is 18.9. The summed E-state index contributed by atoms with van der Waals surface area (Å²) in [4.78, 5) is 14.8. The summed E-state index contributed by atoms with van der Waals surface area (Å²) in [7, 11) is 1.54. The molecule has 29 heavy (non-hydrogen) atoms. The van der Waals surface area contributed by atoms with E-state index in [2.05, 4.69) is 46.7 Å². The third-order valence-corrected chi connectivity index (χ3v) is 5.42. The van der Waals surface area contributed by atoms with E-state index >= 15 is 0 Å². The third kappa shape index (κ3) is 5.94. The number of rotatable bonds is 6. The van der Waals surface area contributed by atoms with Crippen LogP contribution in [0, 0.1) is 12.7 Å². The molecule has 1 atom stereocenters. The fourth-order valence-electron chi connectivity index (χ4n) is 3.85. The molecular weight excluding hydrogens is 369 g/mol. The number of hydrogen-bond acceptors (Lipinski definition) is 3. The molecule has 1 fully saturated rings. The van der Waals surface area contributed by atoms with Crippen molar-refractivity contribution in [3.63, 3.8) is 0 Å². The number of halogens is 1. The molecule has 3 rings (SSSR count). The number of likely N-dealkylation sites (tertiary alicyclic amines) is 1. The molecule has 2 aromatic rings. The number of amides is 2.